The van der Waals surface area contributed by atoms with Gasteiger partial charge in [-0.2, -0.15) is 0 Å². The molecule has 120 valence electrons. The fraction of sp³-hybridized carbons (Fsp3) is 0.571. The van der Waals surface area contributed by atoms with Gasteiger partial charge in [0.15, 0.2) is 5.79 Å². The summed E-state index contributed by atoms with van der Waals surface area (Å²) >= 11 is 0. The Balaban J connectivity index is 1.71. The molecule has 0 radical (unpaired) electrons. The molecule has 2 aromatic rings. The molecule has 1 aliphatic heterocycles. The molecule has 8 heteroatoms. The Bertz CT molecular complexity index is 708. The topological polar surface area (TPSA) is 112 Å². The number of rotatable bonds is 3. The van der Waals surface area contributed by atoms with Gasteiger partial charge in [-0.25, -0.2) is 4.98 Å². The quantitative estimate of drug-likeness (QED) is 0.627. The van der Waals surface area contributed by atoms with Gasteiger partial charge < -0.3 is 29.9 Å². The Morgan fingerprint density at radius 2 is 2.18 bits per heavy atom. The maximum atomic E-state index is 11.6. The van der Waals surface area contributed by atoms with Crippen LogP contribution in [0.1, 0.15) is 19.4 Å². The van der Waals surface area contributed by atoms with E-state index in [2.05, 4.69) is 20.3 Å². The van der Waals surface area contributed by atoms with Crippen LogP contribution >= 0.6 is 0 Å². The Morgan fingerprint density at radius 1 is 1.41 bits per heavy atom. The predicted octanol–water partition coefficient (Wildman–Crippen LogP) is -0.147. The zero-order valence-electron chi connectivity index (χ0n) is 12.5. The SMILES string of the molecule is CC1(C)OC[C@@H](O)[C@H](NCc2c[nH]c3c(=O)[nH]cnc23)CO1. The molecule has 0 spiro atoms. The van der Waals surface area contributed by atoms with Gasteiger partial charge in [0, 0.05) is 18.3 Å². The third-order valence-electron chi connectivity index (χ3n) is 3.78. The molecule has 2 atom stereocenters. The van der Waals surface area contributed by atoms with E-state index < -0.39 is 11.9 Å². The normalized spacial score (nSPS) is 25.2. The van der Waals surface area contributed by atoms with E-state index in [0.29, 0.717) is 24.2 Å². The van der Waals surface area contributed by atoms with Crippen LogP contribution in [0.2, 0.25) is 0 Å². The van der Waals surface area contributed by atoms with E-state index >= 15 is 0 Å². The summed E-state index contributed by atoms with van der Waals surface area (Å²) in [6, 6.07) is -0.256. The molecular formula is C14H20N4O4. The zero-order valence-corrected chi connectivity index (χ0v) is 12.5. The van der Waals surface area contributed by atoms with Crippen LogP contribution in [0.4, 0.5) is 0 Å². The molecule has 1 saturated heterocycles. The number of hydrogen-bond acceptors (Lipinski definition) is 6. The van der Waals surface area contributed by atoms with Crippen molar-refractivity contribution in [2.24, 2.45) is 0 Å². The van der Waals surface area contributed by atoms with Gasteiger partial charge in [0.1, 0.15) is 5.52 Å². The maximum Gasteiger partial charge on any atom is 0.275 e. The molecule has 0 amide bonds. The zero-order chi connectivity index (χ0) is 15.7. The van der Waals surface area contributed by atoms with Crippen LogP contribution in [0.15, 0.2) is 17.3 Å². The van der Waals surface area contributed by atoms with E-state index in [-0.39, 0.29) is 18.2 Å². The Hall–Kier alpha value is -1.74. The van der Waals surface area contributed by atoms with E-state index in [9.17, 15) is 9.90 Å². The number of aliphatic hydroxyl groups excluding tert-OH is 1. The van der Waals surface area contributed by atoms with Gasteiger partial charge in [0.05, 0.1) is 37.2 Å². The number of H-pyrrole nitrogens is 2. The average molecular weight is 308 g/mol. The minimum absolute atomic E-state index is 0.204. The molecule has 1 aliphatic rings. The van der Waals surface area contributed by atoms with E-state index in [1.807, 2.05) is 13.8 Å². The molecule has 2 aromatic heterocycles. The molecule has 0 aromatic carbocycles. The van der Waals surface area contributed by atoms with Crippen LogP contribution in [0.5, 0.6) is 0 Å². The average Bonchev–Trinajstić information content (AvgIpc) is 2.84. The first-order valence-corrected chi connectivity index (χ1v) is 7.19. The van der Waals surface area contributed by atoms with Gasteiger partial charge in [0.25, 0.3) is 5.56 Å². The first-order valence-electron chi connectivity index (χ1n) is 7.19. The van der Waals surface area contributed by atoms with Crippen LogP contribution < -0.4 is 10.9 Å². The third kappa shape index (κ3) is 3.05. The standard InChI is InChI=1S/C14H20N4O4/c1-14(2)21-5-9(10(19)6-22-14)15-3-8-4-16-12-11(8)17-7-18-13(12)20/h4,7,9-10,15-16,19H,3,5-6H2,1-2H3,(H,17,18,20)/t9-,10-/m1/s1. The van der Waals surface area contributed by atoms with E-state index in [4.69, 9.17) is 9.47 Å². The number of hydrogen-bond donors (Lipinski definition) is 4. The second-order valence-electron chi connectivity index (χ2n) is 5.85. The lowest BCUT2D eigenvalue weighted by Gasteiger charge is -2.22. The second kappa shape index (κ2) is 5.81. The lowest BCUT2D eigenvalue weighted by molar-refractivity contribution is -0.203. The smallest absolute Gasteiger partial charge is 0.275 e. The summed E-state index contributed by atoms with van der Waals surface area (Å²) in [5, 5.41) is 13.4. The minimum atomic E-state index is -0.701. The van der Waals surface area contributed by atoms with E-state index in [0.717, 1.165) is 5.56 Å². The van der Waals surface area contributed by atoms with Gasteiger partial charge in [-0.05, 0) is 13.8 Å². The number of ether oxygens (including phenoxy) is 2. The molecule has 0 unspecified atom stereocenters. The third-order valence-corrected chi connectivity index (χ3v) is 3.78. The lowest BCUT2D eigenvalue weighted by Crippen LogP contribution is -2.43. The van der Waals surface area contributed by atoms with Gasteiger partial charge in [0.2, 0.25) is 0 Å². The molecule has 3 rings (SSSR count). The molecule has 4 N–H and O–H groups in total. The largest absolute Gasteiger partial charge is 0.389 e. The summed E-state index contributed by atoms with van der Waals surface area (Å²) in [5.74, 6) is -0.701. The molecule has 8 nitrogen and oxygen atoms in total. The van der Waals surface area contributed by atoms with Gasteiger partial charge in [-0.3, -0.25) is 4.79 Å². The van der Waals surface area contributed by atoms with E-state index in [1.165, 1.54) is 6.33 Å². The van der Waals surface area contributed by atoms with Crippen molar-refractivity contribution in [2.45, 2.75) is 38.3 Å². The number of aromatic amines is 2. The lowest BCUT2D eigenvalue weighted by atomic mass is 10.1. The van der Waals surface area contributed by atoms with Gasteiger partial charge >= 0.3 is 0 Å². The Labute approximate surface area is 126 Å². The first-order chi connectivity index (χ1) is 10.5. The number of fused-ring (bicyclic) bond motifs is 1. The minimum Gasteiger partial charge on any atom is -0.389 e. The first kappa shape index (κ1) is 15.2. The molecule has 3 heterocycles. The molecule has 0 bridgehead atoms. The van der Waals surface area contributed by atoms with E-state index in [1.54, 1.807) is 6.20 Å². The highest BCUT2D eigenvalue weighted by molar-refractivity contribution is 5.77. The monoisotopic (exact) mass is 308 g/mol. The molecule has 1 fully saturated rings. The molecule has 0 aliphatic carbocycles. The van der Waals surface area contributed by atoms with Crippen molar-refractivity contribution in [1.82, 2.24) is 20.3 Å². The highest BCUT2D eigenvalue weighted by atomic mass is 16.7. The number of aromatic nitrogens is 3. The second-order valence-corrected chi connectivity index (χ2v) is 5.85. The molecular weight excluding hydrogens is 288 g/mol. The summed E-state index contributed by atoms with van der Waals surface area (Å²) < 4.78 is 11.1. The van der Waals surface area contributed by atoms with Crippen molar-refractivity contribution in [3.05, 3.63) is 28.4 Å². The summed E-state index contributed by atoms with van der Waals surface area (Å²) in [6.07, 6.45) is 2.45. The van der Waals surface area contributed by atoms with Crippen LogP contribution in [-0.4, -0.2) is 51.2 Å². The fourth-order valence-corrected chi connectivity index (χ4v) is 2.42. The van der Waals surface area contributed by atoms with Gasteiger partial charge in [-0.1, -0.05) is 0 Å². The van der Waals surface area contributed by atoms with Gasteiger partial charge in [-0.15, -0.1) is 0 Å². The van der Waals surface area contributed by atoms with Crippen LogP contribution in [-0.2, 0) is 16.0 Å². The summed E-state index contributed by atoms with van der Waals surface area (Å²) in [5.41, 5.74) is 1.72. The highest BCUT2D eigenvalue weighted by Gasteiger charge is 2.31. The van der Waals surface area contributed by atoms with Crippen molar-refractivity contribution < 1.29 is 14.6 Å². The number of nitrogens with zero attached hydrogens (tertiary/aromatic N) is 1. The molecule has 0 saturated carbocycles. The van der Waals surface area contributed by atoms with Crippen LogP contribution in [0.25, 0.3) is 11.0 Å². The van der Waals surface area contributed by atoms with Crippen LogP contribution in [0.3, 0.4) is 0 Å². The molecule has 22 heavy (non-hydrogen) atoms. The fourth-order valence-electron chi connectivity index (χ4n) is 2.42. The van der Waals surface area contributed by atoms with Crippen molar-refractivity contribution in [1.29, 1.82) is 0 Å². The number of aliphatic hydroxyl groups is 1. The summed E-state index contributed by atoms with van der Waals surface area (Å²) in [6.45, 7) is 4.64. The van der Waals surface area contributed by atoms with Crippen molar-refractivity contribution in [3.63, 3.8) is 0 Å². The van der Waals surface area contributed by atoms with Crippen molar-refractivity contribution in [2.75, 3.05) is 13.2 Å². The van der Waals surface area contributed by atoms with Crippen molar-refractivity contribution >= 4 is 11.0 Å². The Morgan fingerprint density at radius 3 is 3.00 bits per heavy atom. The highest BCUT2D eigenvalue weighted by Crippen LogP contribution is 2.18. The summed E-state index contributed by atoms with van der Waals surface area (Å²) in [4.78, 5) is 21.3. The van der Waals surface area contributed by atoms with Crippen LogP contribution in [0, 0.1) is 0 Å². The number of nitrogens with one attached hydrogen (secondary N) is 3. The predicted molar refractivity (Wildman–Crippen MR) is 79.3 cm³/mol. The van der Waals surface area contributed by atoms with Crippen molar-refractivity contribution in [3.8, 4) is 0 Å². The Kier molecular flexibility index (Phi) is 4.00. The summed E-state index contributed by atoms with van der Waals surface area (Å²) in [7, 11) is 0. The maximum absolute atomic E-state index is 11.6.